The zero-order valence-corrected chi connectivity index (χ0v) is 8.54. The van der Waals surface area contributed by atoms with E-state index in [4.69, 9.17) is 10.5 Å². The van der Waals surface area contributed by atoms with Crippen LogP contribution in [0.3, 0.4) is 0 Å². The molecular weight excluding hydrogens is 174 g/mol. The summed E-state index contributed by atoms with van der Waals surface area (Å²) < 4.78 is 0. The zero-order chi connectivity index (χ0) is 10.6. The van der Waals surface area contributed by atoms with E-state index >= 15 is 0 Å². The smallest absolute Gasteiger partial charge is 0.133 e. The van der Waals surface area contributed by atoms with Crippen LogP contribution in [0.2, 0.25) is 0 Å². The predicted octanol–water partition coefficient (Wildman–Crippen LogP) is 1.96. The van der Waals surface area contributed by atoms with Gasteiger partial charge in [0.2, 0.25) is 0 Å². The Morgan fingerprint density at radius 2 is 1.93 bits per heavy atom. The largest absolute Gasteiger partial charge is 0.383 e. The highest BCUT2D eigenvalue weighted by molar-refractivity contribution is 5.50. The van der Waals surface area contributed by atoms with Crippen molar-refractivity contribution in [3.05, 3.63) is 22.9 Å². The fourth-order valence-electron chi connectivity index (χ4n) is 1.67. The van der Waals surface area contributed by atoms with Crippen LogP contribution in [0.1, 0.15) is 19.3 Å². The molecule has 0 aromatic carbocycles. The molecule has 0 N–H and O–H groups in total. The molecule has 1 rings (SSSR count). The molecule has 0 heterocycles. The van der Waals surface area contributed by atoms with E-state index < -0.39 is 0 Å². The molecule has 0 spiro atoms. The van der Waals surface area contributed by atoms with Crippen molar-refractivity contribution < 1.29 is 0 Å². The van der Waals surface area contributed by atoms with Gasteiger partial charge < -0.3 is 4.90 Å². The first-order chi connectivity index (χ1) is 6.69. The SMILES string of the molecule is CN(C)C=C1CCCC1=C(C#N)C#N. The van der Waals surface area contributed by atoms with Crippen LogP contribution in [0.15, 0.2) is 22.9 Å². The van der Waals surface area contributed by atoms with Crippen molar-refractivity contribution in [3.63, 3.8) is 0 Å². The molecule has 0 amide bonds. The maximum absolute atomic E-state index is 8.77. The molecule has 3 nitrogen and oxygen atoms in total. The van der Waals surface area contributed by atoms with E-state index in [0.29, 0.717) is 0 Å². The number of nitriles is 2. The highest BCUT2D eigenvalue weighted by atomic mass is 15.0. The molecule has 1 saturated carbocycles. The molecule has 0 aliphatic heterocycles. The summed E-state index contributed by atoms with van der Waals surface area (Å²) >= 11 is 0. The van der Waals surface area contributed by atoms with E-state index in [1.807, 2.05) is 37.3 Å². The van der Waals surface area contributed by atoms with E-state index in [2.05, 4.69) is 0 Å². The lowest BCUT2D eigenvalue weighted by molar-refractivity contribution is 0.558. The Hall–Kier alpha value is -1.74. The molecule has 14 heavy (non-hydrogen) atoms. The monoisotopic (exact) mass is 187 g/mol. The molecule has 1 fully saturated rings. The fraction of sp³-hybridized carbons (Fsp3) is 0.455. The van der Waals surface area contributed by atoms with Gasteiger partial charge in [0.1, 0.15) is 17.7 Å². The third-order valence-corrected chi connectivity index (χ3v) is 2.20. The summed E-state index contributed by atoms with van der Waals surface area (Å²) in [5.74, 6) is 0. The molecule has 3 heteroatoms. The minimum Gasteiger partial charge on any atom is -0.383 e. The van der Waals surface area contributed by atoms with Crippen molar-refractivity contribution in [1.82, 2.24) is 4.90 Å². The number of allylic oxidation sites excluding steroid dienone is 3. The molecule has 0 aromatic rings. The van der Waals surface area contributed by atoms with Gasteiger partial charge in [-0.15, -0.1) is 0 Å². The number of hydrogen-bond acceptors (Lipinski definition) is 3. The minimum atomic E-state index is 0.274. The van der Waals surface area contributed by atoms with E-state index in [1.165, 1.54) is 0 Å². The molecule has 1 aliphatic rings. The van der Waals surface area contributed by atoms with Gasteiger partial charge in [-0.2, -0.15) is 10.5 Å². The third-order valence-electron chi connectivity index (χ3n) is 2.20. The van der Waals surface area contributed by atoms with Crippen LogP contribution in [0.5, 0.6) is 0 Å². The van der Waals surface area contributed by atoms with Crippen LogP contribution >= 0.6 is 0 Å². The molecule has 1 aliphatic carbocycles. The van der Waals surface area contributed by atoms with Crippen molar-refractivity contribution in [3.8, 4) is 12.1 Å². The average molecular weight is 187 g/mol. The van der Waals surface area contributed by atoms with Gasteiger partial charge in [-0.25, -0.2) is 0 Å². The van der Waals surface area contributed by atoms with Crippen LogP contribution in [-0.4, -0.2) is 19.0 Å². The van der Waals surface area contributed by atoms with Crippen molar-refractivity contribution in [1.29, 1.82) is 10.5 Å². The van der Waals surface area contributed by atoms with Gasteiger partial charge in [0, 0.05) is 20.3 Å². The number of hydrogen-bond donors (Lipinski definition) is 0. The molecule has 0 atom stereocenters. The molecule has 0 aromatic heterocycles. The van der Waals surface area contributed by atoms with Gasteiger partial charge in [0.25, 0.3) is 0 Å². The molecule has 0 saturated heterocycles. The second-order valence-electron chi connectivity index (χ2n) is 3.55. The molecule has 0 bridgehead atoms. The Bertz CT molecular complexity index is 345. The Kier molecular flexibility index (Phi) is 3.31. The normalized spacial score (nSPS) is 17.7. The second-order valence-corrected chi connectivity index (χ2v) is 3.55. The van der Waals surface area contributed by atoms with Crippen LogP contribution in [0, 0.1) is 22.7 Å². The van der Waals surface area contributed by atoms with Gasteiger partial charge in [-0.3, -0.25) is 0 Å². The lowest BCUT2D eigenvalue weighted by Crippen LogP contribution is -2.02. The minimum absolute atomic E-state index is 0.274. The summed E-state index contributed by atoms with van der Waals surface area (Å²) in [6.45, 7) is 0. The standard InChI is InChI=1S/C11H13N3/c1-14(2)8-9-4-3-5-11(9)10(6-12)7-13/h8H,3-5H2,1-2H3. The van der Waals surface area contributed by atoms with Gasteiger partial charge in [-0.1, -0.05) is 0 Å². The summed E-state index contributed by atoms with van der Waals surface area (Å²) in [5, 5.41) is 17.5. The summed E-state index contributed by atoms with van der Waals surface area (Å²) in [7, 11) is 3.89. The van der Waals surface area contributed by atoms with Crippen molar-refractivity contribution in [2.45, 2.75) is 19.3 Å². The number of nitrogens with zero attached hydrogens (tertiary/aromatic N) is 3. The van der Waals surface area contributed by atoms with E-state index in [0.717, 1.165) is 30.4 Å². The Balaban J connectivity index is 3.08. The van der Waals surface area contributed by atoms with Crippen LogP contribution in [0.25, 0.3) is 0 Å². The summed E-state index contributed by atoms with van der Waals surface area (Å²) in [6, 6.07) is 3.91. The predicted molar refractivity (Wildman–Crippen MR) is 53.9 cm³/mol. The van der Waals surface area contributed by atoms with E-state index in [-0.39, 0.29) is 5.57 Å². The highest BCUT2D eigenvalue weighted by Crippen LogP contribution is 2.32. The Morgan fingerprint density at radius 1 is 1.29 bits per heavy atom. The van der Waals surface area contributed by atoms with Gasteiger partial charge in [0.05, 0.1) is 0 Å². The zero-order valence-electron chi connectivity index (χ0n) is 8.54. The fourth-order valence-corrected chi connectivity index (χ4v) is 1.67. The average Bonchev–Trinajstić information content (AvgIpc) is 2.55. The van der Waals surface area contributed by atoms with Crippen molar-refractivity contribution in [2.75, 3.05) is 14.1 Å². The van der Waals surface area contributed by atoms with Crippen molar-refractivity contribution in [2.24, 2.45) is 0 Å². The first-order valence-corrected chi connectivity index (χ1v) is 4.60. The van der Waals surface area contributed by atoms with E-state index in [9.17, 15) is 0 Å². The van der Waals surface area contributed by atoms with Gasteiger partial charge in [-0.05, 0) is 30.4 Å². The summed E-state index contributed by atoms with van der Waals surface area (Å²) in [6.07, 6.45) is 4.87. The van der Waals surface area contributed by atoms with Gasteiger partial charge in [0.15, 0.2) is 0 Å². The quantitative estimate of drug-likeness (QED) is 0.589. The molecule has 72 valence electrons. The first-order valence-electron chi connectivity index (χ1n) is 4.60. The topological polar surface area (TPSA) is 50.8 Å². The van der Waals surface area contributed by atoms with Crippen LogP contribution in [-0.2, 0) is 0 Å². The van der Waals surface area contributed by atoms with Crippen LogP contribution < -0.4 is 0 Å². The Morgan fingerprint density at radius 3 is 2.43 bits per heavy atom. The second kappa shape index (κ2) is 4.48. The summed E-state index contributed by atoms with van der Waals surface area (Å²) in [4.78, 5) is 1.95. The lowest BCUT2D eigenvalue weighted by Gasteiger charge is -2.08. The highest BCUT2D eigenvalue weighted by Gasteiger charge is 2.18. The molecule has 0 radical (unpaired) electrons. The maximum Gasteiger partial charge on any atom is 0.133 e. The Labute approximate surface area is 84.5 Å². The molecule has 0 unspecified atom stereocenters. The number of rotatable bonds is 1. The van der Waals surface area contributed by atoms with E-state index in [1.54, 1.807) is 0 Å². The maximum atomic E-state index is 8.77. The lowest BCUT2D eigenvalue weighted by atomic mass is 10.1. The third kappa shape index (κ3) is 2.14. The molecular formula is C11H13N3. The van der Waals surface area contributed by atoms with Crippen LogP contribution in [0.4, 0.5) is 0 Å². The van der Waals surface area contributed by atoms with Crippen molar-refractivity contribution >= 4 is 0 Å². The summed E-state index contributed by atoms with van der Waals surface area (Å²) in [5.41, 5.74) is 2.34. The van der Waals surface area contributed by atoms with Gasteiger partial charge >= 0.3 is 0 Å². The first kappa shape index (κ1) is 10.3.